The van der Waals surface area contributed by atoms with Gasteiger partial charge in [0, 0.05) is 6.42 Å². The molecule has 0 aliphatic heterocycles. The Bertz CT molecular complexity index is 981. The Balaban J connectivity index is 3.62. The van der Waals surface area contributed by atoms with Crippen molar-refractivity contribution in [2.75, 3.05) is 6.61 Å². The van der Waals surface area contributed by atoms with E-state index in [-0.39, 0.29) is 12.5 Å². The smallest absolute Gasteiger partial charge is 0.220 e. The topological polar surface area (TPSA) is 69.6 Å². The maximum absolute atomic E-state index is 12.4. The quantitative estimate of drug-likeness (QED) is 0.0423. The maximum atomic E-state index is 12.4. The first kappa shape index (κ1) is 57.1. The van der Waals surface area contributed by atoms with Crippen molar-refractivity contribution in [2.45, 2.75) is 276 Å². The Morgan fingerprint density at radius 2 is 0.712 bits per heavy atom. The molecule has 0 aromatic heterocycles. The van der Waals surface area contributed by atoms with Crippen LogP contribution >= 0.6 is 0 Å². The monoisotopic (exact) mass is 824 g/mol. The summed E-state index contributed by atoms with van der Waals surface area (Å²) in [5, 5.41) is 23.1. The summed E-state index contributed by atoms with van der Waals surface area (Å²) in [6.07, 6.45) is 70.7. The summed E-state index contributed by atoms with van der Waals surface area (Å²) in [6, 6.07) is -0.653. The van der Waals surface area contributed by atoms with Crippen molar-refractivity contribution in [1.29, 1.82) is 0 Å². The highest BCUT2D eigenvalue weighted by molar-refractivity contribution is 5.76. The van der Waals surface area contributed by atoms with Crippen molar-refractivity contribution in [3.8, 4) is 0 Å². The first-order valence-corrected chi connectivity index (χ1v) is 26.0. The zero-order valence-electron chi connectivity index (χ0n) is 39.5. The molecule has 59 heavy (non-hydrogen) atoms. The zero-order chi connectivity index (χ0) is 42.8. The van der Waals surface area contributed by atoms with Crippen LogP contribution in [0.15, 0.2) is 60.8 Å². The lowest BCUT2D eigenvalue weighted by Gasteiger charge is -2.19. The van der Waals surface area contributed by atoms with Crippen LogP contribution in [-0.2, 0) is 4.79 Å². The van der Waals surface area contributed by atoms with E-state index in [0.717, 1.165) is 51.4 Å². The number of unbranched alkanes of at least 4 members (excludes halogenated alkanes) is 32. The van der Waals surface area contributed by atoms with Crippen molar-refractivity contribution in [2.24, 2.45) is 0 Å². The molecule has 344 valence electrons. The number of nitrogens with one attached hydrogen (secondary N) is 1. The summed E-state index contributed by atoms with van der Waals surface area (Å²) in [4.78, 5) is 12.4. The van der Waals surface area contributed by atoms with Gasteiger partial charge in [0.25, 0.3) is 0 Å². The second kappa shape index (κ2) is 50.4. The molecule has 0 radical (unpaired) electrons. The van der Waals surface area contributed by atoms with E-state index in [9.17, 15) is 15.0 Å². The summed E-state index contributed by atoms with van der Waals surface area (Å²) >= 11 is 0. The molecule has 0 fully saturated rings. The van der Waals surface area contributed by atoms with Gasteiger partial charge in [-0.3, -0.25) is 4.79 Å². The maximum Gasteiger partial charge on any atom is 0.220 e. The number of carbonyl (C=O) groups is 1. The van der Waals surface area contributed by atoms with Crippen LogP contribution in [-0.4, -0.2) is 34.9 Å². The minimum Gasteiger partial charge on any atom is -0.394 e. The van der Waals surface area contributed by atoms with Gasteiger partial charge in [0.2, 0.25) is 5.91 Å². The van der Waals surface area contributed by atoms with Crippen LogP contribution in [0.3, 0.4) is 0 Å². The van der Waals surface area contributed by atoms with Gasteiger partial charge in [-0.2, -0.15) is 0 Å². The molecule has 0 aliphatic carbocycles. The third kappa shape index (κ3) is 47.0. The number of aliphatic hydroxyl groups excluding tert-OH is 2. The highest BCUT2D eigenvalue weighted by Crippen LogP contribution is 2.15. The number of carbonyl (C=O) groups excluding carboxylic acids is 1. The van der Waals surface area contributed by atoms with Gasteiger partial charge in [-0.05, 0) is 77.0 Å². The van der Waals surface area contributed by atoms with Gasteiger partial charge in [0.1, 0.15) is 0 Å². The fraction of sp³-hybridized carbons (Fsp3) is 0.800. The Labute approximate surface area is 368 Å². The Morgan fingerprint density at radius 1 is 0.407 bits per heavy atom. The minimum atomic E-state index is -0.876. The Hall–Kier alpha value is -1.91. The molecule has 1 amide bonds. The molecule has 0 aromatic rings. The summed E-state index contributed by atoms with van der Waals surface area (Å²) in [7, 11) is 0. The molecule has 0 spiro atoms. The third-order valence-corrected chi connectivity index (χ3v) is 11.7. The van der Waals surface area contributed by atoms with E-state index in [1.165, 1.54) is 193 Å². The van der Waals surface area contributed by atoms with Gasteiger partial charge >= 0.3 is 0 Å². The van der Waals surface area contributed by atoms with Crippen LogP contribution in [0.4, 0.5) is 0 Å². The molecule has 0 saturated carbocycles. The molecule has 0 heterocycles. The average Bonchev–Trinajstić information content (AvgIpc) is 3.24. The van der Waals surface area contributed by atoms with E-state index < -0.39 is 12.1 Å². The van der Waals surface area contributed by atoms with Gasteiger partial charge in [0.15, 0.2) is 0 Å². The van der Waals surface area contributed by atoms with E-state index >= 15 is 0 Å². The van der Waals surface area contributed by atoms with E-state index in [2.05, 4.69) is 67.8 Å². The van der Waals surface area contributed by atoms with Crippen molar-refractivity contribution < 1.29 is 15.0 Å². The van der Waals surface area contributed by atoms with E-state index in [0.29, 0.717) is 6.42 Å². The second-order valence-corrected chi connectivity index (χ2v) is 17.6. The highest BCUT2D eigenvalue weighted by atomic mass is 16.3. The Morgan fingerprint density at radius 3 is 1.08 bits per heavy atom. The van der Waals surface area contributed by atoms with Gasteiger partial charge < -0.3 is 15.5 Å². The van der Waals surface area contributed by atoms with Gasteiger partial charge in [-0.1, -0.05) is 242 Å². The van der Waals surface area contributed by atoms with E-state index in [4.69, 9.17) is 0 Å². The molecular formula is C55H101NO3. The van der Waals surface area contributed by atoms with Crippen LogP contribution in [0.5, 0.6) is 0 Å². The second-order valence-electron chi connectivity index (χ2n) is 17.6. The molecule has 0 saturated heterocycles. The number of aliphatic hydroxyl groups is 2. The van der Waals surface area contributed by atoms with E-state index in [1.807, 2.05) is 6.08 Å². The van der Waals surface area contributed by atoms with Crippen molar-refractivity contribution >= 4 is 5.91 Å². The first-order chi connectivity index (χ1) is 29.2. The molecule has 2 unspecified atom stereocenters. The summed E-state index contributed by atoms with van der Waals surface area (Å²) in [6.45, 7) is 4.31. The number of rotatable bonds is 47. The molecule has 0 aromatic carbocycles. The summed E-state index contributed by atoms with van der Waals surface area (Å²) in [5.74, 6) is -0.0850. The fourth-order valence-electron chi connectivity index (χ4n) is 7.71. The number of allylic oxidation sites excluding steroid dienone is 9. The summed E-state index contributed by atoms with van der Waals surface area (Å²) < 4.78 is 0. The SMILES string of the molecule is CCCCCCCCCCC/C=C\C/C=C\CCCCCCCCCC(=O)NC(CO)C(O)/C=C/CC/C=C/CC/C=C/CCCCCCCCCCCCCCCC. The minimum absolute atomic E-state index is 0.0850. The highest BCUT2D eigenvalue weighted by Gasteiger charge is 2.17. The van der Waals surface area contributed by atoms with Crippen LogP contribution in [0.1, 0.15) is 264 Å². The molecule has 4 heteroatoms. The molecule has 0 bridgehead atoms. The Kier molecular flexibility index (Phi) is 48.8. The van der Waals surface area contributed by atoms with Gasteiger partial charge in [-0.25, -0.2) is 0 Å². The molecule has 3 N–H and O–H groups in total. The van der Waals surface area contributed by atoms with Crippen LogP contribution in [0.2, 0.25) is 0 Å². The van der Waals surface area contributed by atoms with E-state index in [1.54, 1.807) is 6.08 Å². The number of hydrogen-bond acceptors (Lipinski definition) is 3. The largest absolute Gasteiger partial charge is 0.394 e. The summed E-state index contributed by atoms with van der Waals surface area (Å²) in [5.41, 5.74) is 0. The number of amides is 1. The van der Waals surface area contributed by atoms with Crippen LogP contribution < -0.4 is 5.32 Å². The molecule has 0 rings (SSSR count). The van der Waals surface area contributed by atoms with Crippen molar-refractivity contribution in [3.05, 3.63) is 60.8 Å². The van der Waals surface area contributed by atoms with Crippen LogP contribution in [0, 0.1) is 0 Å². The predicted molar refractivity (Wildman–Crippen MR) is 262 cm³/mol. The van der Waals surface area contributed by atoms with Crippen LogP contribution in [0.25, 0.3) is 0 Å². The van der Waals surface area contributed by atoms with Crippen molar-refractivity contribution in [1.82, 2.24) is 5.32 Å². The van der Waals surface area contributed by atoms with Gasteiger partial charge in [-0.15, -0.1) is 0 Å². The average molecular weight is 824 g/mol. The molecule has 2 atom stereocenters. The third-order valence-electron chi connectivity index (χ3n) is 11.7. The lowest BCUT2D eigenvalue weighted by Crippen LogP contribution is -2.45. The fourth-order valence-corrected chi connectivity index (χ4v) is 7.71. The van der Waals surface area contributed by atoms with Crippen molar-refractivity contribution in [3.63, 3.8) is 0 Å². The lowest BCUT2D eigenvalue weighted by atomic mass is 10.0. The normalized spacial score (nSPS) is 13.4. The number of hydrogen-bond donors (Lipinski definition) is 3. The lowest BCUT2D eigenvalue weighted by molar-refractivity contribution is -0.123. The standard InChI is InChI=1S/C55H101NO3/c1-3-5-7-9-11-13-15-17-19-21-23-25-27-29-30-32-34-36-38-40-42-44-46-48-50-54(58)53(52-57)56-55(59)51-49-47-45-43-41-39-37-35-33-31-28-26-24-22-20-18-16-14-12-10-8-6-4-2/h24,26,31-34,40,42,48,50,53-54,57-58H,3-23,25,27-30,35-39,41,43-47,49,51-52H2,1-2H3,(H,56,59)/b26-24-,33-31-,34-32+,42-40+,50-48+. The molecule has 0 aliphatic rings. The zero-order valence-corrected chi connectivity index (χ0v) is 39.5. The molecule has 4 nitrogen and oxygen atoms in total. The molecular weight excluding hydrogens is 723 g/mol. The van der Waals surface area contributed by atoms with Gasteiger partial charge in [0.05, 0.1) is 18.8 Å². The first-order valence-electron chi connectivity index (χ1n) is 26.0. The predicted octanol–water partition coefficient (Wildman–Crippen LogP) is 16.9.